The van der Waals surface area contributed by atoms with Crippen LogP contribution in [0.4, 0.5) is 0 Å². The van der Waals surface area contributed by atoms with Crippen molar-refractivity contribution in [3.63, 3.8) is 0 Å². The smallest absolute Gasteiger partial charge is 0.0317 e. The molecule has 4 aromatic rings. The number of aryl methyl sites for hydroxylation is 2. The zero-order valence-corrected chi connectivity index (χ0v) is 21.4. The Morgan fingerprint density at radius 1 is 0.857 bits per heavy atom. The van der Waals surface area contributed by atoms with Gasteiger partial charge in [-0.05, 0) is 88.9 Å². The Bertz CT molecular complexity index is 1490. The monoisotopic (exact) mass is 454 g/mol. The van der Waals surface area contributed by atoms with Crippen molar-refractivity contribution in [2.45, 2.75) is 46.5 Å². The SMILES string of the molecule is C=C(C)C1=C(C)C(c2ccc(C)cc2)c2c1ccc1ccc(CC(=C)c3ccccc3CC)cc21. The van der Waals surface area contributed by atoms with E-state index in [2.05, 4.69) is 120 Å². The summed E-state index contributed by atoms with van der Waals surface area (Å²) in [5.41, 5.74) is 14.4. The van der Waals surface area contributed by atoms with Gasteiger partial charge in [0, 0.05) is 5.92 Å². The standard InChI is InChI=1S/C35H34/c1-7-27-10-8-9-11-30(27)24(5)20-26-14-17-28-18-19-31-33(22(2)3)25(6)34(35(31)32(28)21-26)29-15-12-23(4)13-16-29/h8-19,21,34H,2,5,7,20H2,1,3-4,6H3. The molecular formula is C35H34. The third-order valence-corrected chi connectivity index (χ3v) is 7.55. The highest BCUT2D eigenvalue weighted by atomic mass is 14.3. The highest BCUT2D eigenvalue weighted by Gasteiger charge is 2.31. The number of rotatable bonds is 6. The molecule has 0 aromatic heterocycles. The number of allylic oxidation sites excluding steroid dienone is 4. The maximum atomic E-state index is 4.48. The van der Waals surface area contributed by atoms with E-state index in [0.717, 1.165) is 18.4 Å². The fourth-order valence-corrected chi connectivity index (χ4v) is 5.86. The molecule has 1 atom stereocenters. The fraction of sp³-hybridized carbons (Fsp3) is 0.200. The Hall–Kier alpha value is -3.64. The van der Waals surface area contributed by atoms with Crippen molar-refractivity contribution < 1.29 is 0 Å². The molecule has 4 aromatic carbocycles. The predicted molar refractivity (Wildman–Crippen MR) is 153 cm³/mol. The van der Waals surface area contributed by atoms with Crippen LogP contribution in [0.15, 0.2) is 103 Å². The molecule has 0 fully saturated rings. The van der Waals surface area contributed by atoms with Gasteiger partial charge in [-0.1, -0.05) is 116 Å². The average molecular weight is 455 g/mol. The minimum absolute atomic E-state index is 0.250. The van der Waals surface area contributed by atoms with E-state index >= 15 is 0 Å². The summed E-state index contributed by atoms with van der Waals surface area (Å²) in [6.45, 7) is 17.6. The van der Waals surface area contributed by atoms with Crippen molar-refractivity contribution in [3.05, 3.63) is 142 Å². The Balaban J connectivity index is 1.64. The second-order valence-corrected chi connectivity index (χ2v) is 10.1. The zero-order chi connectivity index (χ0) is 24.7. The molecule has 1 aliphatic carbocycles. The molecule has 1 aliphatic rings. The molecule has 0 amide bonds. The zero-order valence-electron chi connectivity index (χ0n) is 21.4. The fourth-order valence-electron chi connectivity index (χ4n) is 5.86. The number of fused-ring (bicyclic) bond motifs is 3. The van der Waals surface area contributed by atoms with Crippen molar-refractivity contribution in [3.8, 4) is 0 Å². The Kier molecular flexibility index (Phi) is 6.07. The molecule has 0 bridgehead atoms. The van der Waals surface area contributed by atoms with Crippen molar-refractivity contribution in [2.24, 2.45) is 0 Å². The first-order valence-corrected chi connectivity index (χ1v) is 12.6. The van der Waals surface area contributed by atoms with Crippen LogP contribution in [0.1, 0.15) is 65.6 Å². The van der Waals surface area contributed by atoms with Crippen LogP contribution in [0.5, 0.6) is 0 Å². The second kappa shape index (κ2) is 9.19. The Morgan fingerprint density at radius 3 is 2.29 bits per heavy atom. The largest absolute Gasteiger partial charge is 0.0955 e. The van der Waals surface area contributed by atoms with E-state index in [-0.39, 0.29) is 5.92 Å². The number of hydrogen-bond acceptors (Lipinski definition) is 0. The van der Waals surface area contributed by atoms with E-state index in [1.54, 1.807) is 0 Å². The van der Waals surface area contributed by atoms with Crippen molar-refractivity contribution >= 4 is 21.9 Å². The summed E-state index contributed by atoms with van der Waals surface area (Å²) < 4.78 is 0. The third kappa shape index (κ3) is 4.08. The van der Waals surface area contributed by atoms with Gasteiger partial charge in [-0.25, -0.2) is 0 Å². The maximum Gasteiger partial charge on any atom is 0.0317 e. The van der Waals surface area contributed by atoms with Crippen molar-refractivity contribution in [2.75, 3.05) is 0 Å². The summed E-state index contributed by atoms with van der Waals surface area (Å²) in [5.74, 6) is 0.250. The topological polar surface area (TPSA) is 0 Å². The van der Waals surface area contributed by atoms with Crippen LogP contribution in [0.25, 0.3) is 21.9 Å². The molecule has 1 unspecified atom stereocenters. The van der Waals surface area contributed by atoms with E-state index in [1.807, 2.05) is 0 Å². The molecule has 0 spiro atoms. The van der Waals surface area contributed by atoms with Crippen LogP contribution in [0.3, 0.4) is 0 Å². The van der Waals surface area contributed by atoms with E-state index < -0.39 is 0 Å². The highest BCUT2D eigenvalue weighted by Crippen LogP contribution is 2.50. The highest BCUT2D eigenvalue weighted by molar-refractivity contribution is 5.99. The van der Waals surface area contributed by atoms with Gasteiger partial charge >= 0.3 is 0 Å². The minimum atomic E-state index is 0.250. The van der Waals surface area contributed by atoms with Gasteiger partial charge < -0.3 is 0 Å². The molecule has 174 valence electrons. The summed E-state index contributed by atoms with van der Waals surface area (Å²) in [7, 11) is 0. The molecule has 5 rings (SSSR count). The quantitative estimate of drug-likeness (QED) is 0.272. The van der Waals surface area contributed by atoms with Crippen LogP contribution in [0, 0.1) is 6.92 Å². The van der Waals surface area contributed by atoms with Crippen molar-refractivity contribution in [1.29, 1.82) is 0 Å². The summed E-state index contributed by atoms with van der Waals surface area (Å²) in [5, 5.41) is 2.64. The molecule has 0 radical (unpaired) electrons. The van der Waals surface area contributed by atoms with Gasteiger partial charge in [-0.2, -0.15) is 0 Å². The molecule has 0 saturated carbocycles. The van der Waals surface area contributed by atoms with Gasteiger partial charge in [0.2, 0.25) is 0 Å². The van der Waals surface area contributed by atoms with Gasteiger partial charge in [-0.15, -0.1) is 0 Å². The lowest BCUT2D eigenvalue weighted by Gasteiger charge is -2.18. The first-order chi connectivity index (χ1) is 16.9. The van der Waals surface area contributed by atoms with E-state index in [9.17, 15) is 0 Å². The van der Waals surface area contributed by atoms with E-state index in [0.29, 0.717) is 0 Å². The maximum absolute atomic E-state index is 4.48. The molecule has 0 aliphatic heterocycles. The van der Waals surface area contributed by atoms with Gasteiger partial charge in [0.25, 0.3) is 0 Å². The lowest BCUT2D eigenvalue weighted by molar-refractivity contribution is 0.983. The third-order valence-electron chi connectivity index (χ3n) is 7.55. The lowest BCUT2D eigenvalue weighted by Crippen LogP contribution is -2.01. The summed E-state index contributed by atoms with van der Waals surface area (Å²) in [6.07, 6.45) is 1.87. The molecule has 35 heavy (non-hydrogen) atoms. The van der Waals surface area contributed by atoms with E-state index in [1.165, 1.54) is 66.4 Å². The van der Waals surface area contributed by atoms with Crippen LogP contribution in [-0.2, 0) is 12.8 Å². The number of benzene rings is 4. The van der Waals surface area contributed by atoms with Gasteiger partial charge in [0.1, 0.15) is 0 Å². The molecule has 0 N–H and O–H groups in total. The van der Waals surface area contributed by atoms with Gasteiger partial charge in [0.05, 0.1) is 0 Å². The van der Waals surface area contributed by atoms with Crippen LogP contribution >= 0.6 is 0 Å². The summed E-state index contributed by atoms with van der Waals surface area (Å²) in [6, 6.07) is 29.2. The van der Waals surface area contributed by atoms with Gasteiger partial charge in [-0.3, -0.25) is 0 Å². The normalized spacial score (nSPS) is 14.9. The molecule has 0 nitrogen and oxygen atoms in total. The van der Waals surface area contributed by atoms with Crippen molar-refractivity contribution in [1.82, 2.24) is 0 Å². The minimum Gasteiger partial charge on any atom is -0.0955 e. The molecule has 0 saturated heterocycles. The lowest BCUT2D eigenvalue weighted by atomic mass is 9.85. The predicted octanol–water partition coefficient (Wildman–Crippen LogP) is 9.46. The van der Waals surface area contributed by atoms with Crippen LogP contribution in [0.2, 0.25) is 0 Å². The Morgan fingerprint density at radius 2 is 1.57 bits per heavy atom. The average Bonchev–Trinajstić information content (AvgIpc) is 3.17. The molecular weight excluding hydrogens is 420 g/mol. The molecule has 0 heteroatoms. The molecule has 0 heterocycles. The summed E-state index contributed by atoms with van der Waals surface area (Å²) >= 11 is 0. The summed E-state index contributed by atoms with van der Waals surface area (Å²) in [4.78, 5) is 0. The van der Waals surface area contributed by atoms with Crippen LogP contribution in [-0.4, -0.2) is 0 Å². The van der Waals surface area contributed by atoms with Gasteiger partial charge in [0.15, 0.2) is 0 Å². The van der Waals surface area contributed by atoms with E-state index in [4.69, 9.17) is 0 Å². The number of hydrogen-bond donors (Lipinski definition) is 0. The first kappa shape index (κ1) is 23.1. The first-order valence-electron chi connectivity index (χ1n) is 12.6. The second-order valence-electron chi connectivity index (χ2n) is 10.1. The Labute approximate surface area is 210 Å². The van der Waals surface area contributed by atoms with Crippen LogP contribution < -0.4 is 0 Å².